The molecule has 0 unspecified atom stereocenters. The van der Waals surface area contributed by atoms with E-state index in [0.717, 1.165) is 0 Å². The lowest BCUT2D eigenvalue weighted by Gasteiger charge is -1.94. The smallest absolute Gasteiger partial charge is 0.280 e. The Morgan fingerprint density at radius 3 is 2.60 bits per heavy atom. The van der Waals surface area contributed by atoms with Crippen LogP contribution < -0.4 is 11.3 Å². The Hall–Kier alpha value is -1.37. The summed E-state index contributed by atoms with van der Waals surface area (Å²) in [6.45, 7) is 4.00. The number of rotatable bonds is 0. The van der Waals surface area contributed by atoms with Gasteiger partial charge in [0.15, 0.2) is 15.9 Å². The van der Waals surface area contributed by atoms with Crippen molar-refractivity contribution < 1.29 is 0 Å². The number of hydrogen-bond donors (Lipinski definition) is 2. The maximum Gasteiger partial charge on any atom is 0.280 e. The molecule has 0 amide bonds. The molecule has 2 rings (SSSR count). The first-order valence-corrected chi connectivity index (χ1v) is 5.26. The highest BCUT2D eigenvalue weighted by Crippen LogP contribution is 2.13. The number of aryl methyl sites for hydroxylation is 1. The van der Waals surface area contributed by atoms with Crippen LogP contribution in [0.4, 0.5) is 5.95 Å². The van der Waals surface area contributed by atoms with Gasteiger partial charge >= 0.3 is 0 Å². The highest BCUT2D eigenvalue weighted by Gasteiger charge is 2.10. The van der Waals surface area contributed by atoms with Crippen LogP contribution in [-0.2, 0) is 7.05 Å². The van der Waals surface area contributed by atoms with E-state index < -0.39 is 0 Å². The van der Waals surface area contributed by atoms with Crippen molar-refractivity contribution >= 4 is 33.0 Å². The third kappa shape index (κ3) is 2.01. The Labute approximate surface area is 94.7 Å². The van der Waals surface area contributed by atoms with Crippen molar-refractivity contribution in [2.24, 2.45) is 7.05 Å². The molecule has 0 aliphatic carbocycles. The zero-order chi connectivity index (χ0) is 11.6. The molecule has 0 saturated carbocycles. The Balaban J connectivity index is 0.000000531. The van der Waals surface area contributed by atoms with Crippen molar-refractivity contribution in [3.63, 3.8) is 0 Å². The van der Waals surface area contributed by atoms with E-state index in [2.05, 4.69) is 30.9 Å². The highest BCUT2D eigenvalue weighted by atomic mass is 79.9. The van der Waals surface area contributed by atoms with Crippen LogP contribution in [0.1, 0.15) is 13.8 Å². The van der Waals surface area contributed by atoms with Crippen molar-refractivity contribution in [2.75, 3.05) is 5.73 Å². The summed E-state index contributed by atoms with van der Waals surface area (Å²) in [6, 6.07) is 0. The van der Waals surface area contributed by atoms with E-state index in [4.69, 9.17) is 5.73 Å². The molecule has 0 spiro atoms. The third-order valence-electron chi connectivity index (χ3n) is 1.69. The number of nitrogens with zero attached hydrogens (tertiary/aromatic N) is 3. The largest absolute Gasteiger partial charge is 0.369 e. The van der Waals surface area contributed by atoms with Crippen molar-refractivity contribution in [3.05, 3.63) is 15.1 Å². The molecule has 0 aromatic carbocycles. The molecule has 3 N–H and O–H groups in total. The summed E-state index contributed by atoms with van der Waals surface area (Å²) in [7, 11) is 1.74. The maximum absolute atomic E-state index is 11.3. The van der Waals surface area contributed by atoms with Gasteiger partial charge in [0.25, 0.3) is 5.56 Å². The monoisotopic (exact) mass is 273 g/mol. The van der Waals surface area contributed by atoms with Crippen LogP contribution in [0, 0.1) is 0 Å². The van der Waals surface area contributed by atoms with E-state index in [1.54, 1.807) is 11.6 Å². The van der Waals surface area contributed by atoms with Crippen molar-refractivity contribution in [2.45, 2.75) is 13.8 Å². The van der Waals surface area contributed by atoms with Gasteiger partial charge < -0.3 is 10.3 Å². The van der Waals surface area contributed by atoms with E-state index in [0.29, 0.717) is 10.4 Å². The average Bonchev–Trinajstić information content (AvgIpc) is 2.49. The van der Waals surface area contributed by atoms with Gasteiger partial charge in [-0.3, -0.25) is 9.78 Å². The van der Waals surface area contributed by atoms with Gasteiger partial charge in [0.2, 0.25) is 5.95 Å². The fraction of sp³-hybridized carbons (Fsp3) is 0.375. The first-order valence-electron chi connectivity index (χ1n) is 4.47. The van der Waals surface area contributed by atoms with Gasteiger partial charge in [0, 0.05) is 7.05 Å². The van der Waals surface area contributed by atoms with Gasteiger partial charge in [0.05, 0.1) is 0 Å². The summed E-state index contributed by atoms with van der Waals surface area (Å²) in [5, 5.41) is 0. The van der Waals surface area contributed by atoms with Gasteiger partial charge in [-0.25, -0.2) is 4.98 Å². The van der Waals surface area contributed by atoms with Gasteiger partial charge in [-0.05, 0) is 15.9 Å². The molecule has 2 aromatic heterocycles. The number of H-pyrrole nitrogens is 1. The second-order valence-corrected chi connectivity index (χ2v) is 3.27. The second kappa shape index (κ2) is 4.43. The number of nitrogens with one attached hydrogen (secondary N) is 1. The Kier molecular flexibility index (Phi) is 3.46. The lowest BCUT2D eigenvalue weighted by atomic mass is 10.5. The number of halogens is 1. The standard InChI is InChI=1S/C6H6BrN5O.C2H6/c1-12-3-2(9-5(12)7)4(13)11-6(8)10-3;1-2/h1H3,(H3,8,10,11,13);1-2H3. The lowest BCUT2D eigenvalue weighted by Crippen LogP contribution is -2.11. The van der Waals surface area contributed by atoms with Gasteiger partial charge in [-0.15, -0.1) is 0 Å². The number of nitrogen functional groups attached to an aromatic ring is 1. The summed E-state index contributed by atoms with van der Waals surface area (Å²) in [5.41, 5.74) is 5.80. The van der Waals surface area contributed by atoms with Crippen LogP contribution >= 0.6 is 15.9 Å². The van der Waals surface area contributed by atoms with Gasteiger partial charge in [-0.2, -0.15) is 4.98 Å². The van der Waals surface area contributed by atoms with Crippen molar-refractivity contribution in [1.82, 2.24) is 19.5 Å². The molecule has 2 aromatic rings. The van der Waals surface area contributed by atoms with Crippen LogP contribution in [0.2, 0.25) is 0 Å². The van der Waals surface area contributed by atoms with Gasteiger partial charge in [-0.1, -0.05) is 13.8 Å². The van der Waals surface area contributed by atoms with E-state index >= 15 is 0 Å². The lowest BCUT2D eigenvalue weighted by molar-refractivity contribution is 0.897. The predicted molar refractivity (Wildman–Crippen MR) is 62.6 cm³/mol. The summed E-state index contributed by atoms with van der Waals surface area (Å²) in [4.78, 5) is 21.6. The molecular weight excluding hydrogens is 262 g/mol. The number of fused-ring (bicyclic) bond motifs is 1. The Morgan fingerprint density at radius 1 is 1.40 bits per heavy atom. The third-order valence-corrected chi connectivity index (χ3v) is 2.40. The zero-order valence-electron chi connectivity index (χ0n) is 8.71. The topological polar surface area (TPSA) is 89.6 Å². The van der Waals surface area contributed by atoms with Crippen LogP contribution in [0.25, 0.3) is 11.2 Å². The van der Waals surface area contributed by atoms with Crippen LogP contribution in [0.15, 0.2) is 9.53 Å². The zero-order valence-corrected chi connectivity index (χ0v) is 10.3. The summed E-state index contributed by atoms with van der Waals surface area (Å²) in [5.74, 6) is 0.0907. The van der Waals surface area contributed by atoms with E-state index in [1.165, 1.54) is 0 Å². The molecule has 0 bridgehead atoms. The van der Waals surface area contributed by atoms with Crippen LogP contribution in [0.3, 0.4) is 0 Å². The quantitative estimate of drug-likeness (QED) is 0.702. The van der Waals surface area contributed by atoms with E-state index in [9.17, 15) is 4.79 Å². The van der Waals surface area contributed by atoms with E-state index in [-0.39, 0.29) is 17.0 Å². The van der Waals surface area contributed by atoms with Crippen molar-refractivity contribution in [3.8, 4) is 0 Å². The number of anilines is 1. The SMILES string of the molecule is CC.Cn1c(Br)nc2c(=O)[nH]c(N)nc21. The fourth-order valence-corrected chi connectivity index (χ4v) is 1.41. The number of aromatic nitrogens is 4. The van der Waals surface area contributed by atoms with E-state index in [1.807, 2.05) is 13.8 Å². The first kappa shape index (κ1) is 11.7. The minimum atomic E-state index is -0.330. The number of aromatic amines is 1. The molecule has 15 heavy (non-hydrogen) atoms. The molecule has 7 heteroatoms. The normalized spacial score (nSPS) is 9.87. The molecule has 6 nitrogen and oxygen atoms in total. The summed E-state index contributed by atoms with van der Waals surface area (Å²) in [6.07, 6.45) is 0. The molecule has 0 atom stereocenters. The van der Waals surface area contributed by atoms with Crippen LogP contribution in [0.5, 0.6) is 0 Å². The predicted octanol–water partition coefficient (Wildman–Crippen LogP) is 1.03. The Bertz CT molecular complexity index is 530. The first-order chi connectivity index (χ1) is 7.09. The molecule has 0 aliphatic heterocycles. The maximum atomic E-state index is 11.3. The number of imidazole rings is 1. The molecule has 0 aliphatic rings. The fourth-order valence-electron chi connectivity index (χ4n) is 1.06. The average molecular weight is 274 g/mol. The molecule has 2 heterocycles. The summed E-state index contributed by atoms with van der Waals surface area (Å²) < 4.78 is 2.19. The molecular formula is C8H12BrN5O. The van der Waals surface area contributed by atoms with Crippen molar-refractivity contribution in [1.29, 1.82) is 0 Å². The second-order valence-electron chi connectivity index (χ2n) is 2.56. The minimum absolute atomic E-state index is 0.0907. The highest BCUT2D eigenvalue weighted by molar-refractivity contribution is 9.10. The van der Waals surface area contributed by atoms with Gasteiger partial charge in [0.1, 0.15) is 0 Å². The minimum Gasteiger partial charge on any atom is -0.369 e. The number of hydrogen-bond acceptors (Lipinski definition) is 4. The molecule has 0 fully saturated rings. The molecule has 0 radical (unpaired) electrons. The molecule has 0 saturated heterocycles. The van der Waals surface area contributed by atoms with Crippen LogP contribution in [-0.4, -0.2) is 19.5 Å². The molecule has 82 valence electrons. The Morgan fingerprint density at radius 2 is 2.00 bits per heavy atom. The summed E-state index contributed by atoms with van der Waals surface area (Å²) >= 11 is 3.19. The number of nitrogens with two attached hydrogens (primary N) is 1.